The summed E-state index contributed by atoms with van der Waals surface area (Å²) in [6.45, 7) is 0. The summed E-state index contributed by atoms with van der Waals surface area (Å²) in [5, 5.41) is 14.1. The third-order valence-electron chi connectivity index (χ3n) is 4.27. The number of hydrogen-bond donors (Lipinski definition) is 3. The fourth-order valence-corrected chi connectivity index (χ4v) is 4.63. The number of thiophene rings is 2. The molecule has 4 nitrogen and oxygen atoms in total. The van der Waals surface area contributed by atoms with Crippen LogP contribution in [0.4, 0.5) is 15.8 Å². The summed E-state index contributed by atoms with van der Waals surface area (Å²) in [4.78, 5) is 13.9. The number of carbonyl (C=O) groups excluding carboxylic acids is 1. The molecule has 0 atom stereocenters. The Morgan fingerprint density at radius 2 is 1.96 bits per heavy atom. The fourth-order valence-electron chi connectivity index (χ4n) is 2.90. The average molecular weight is 410 g/mol. The Kier molecular flexibility index (Phi) is 4.93. The third-order valence-corrected chi connectivity index (χ3v) is 6.28. The monoisotopic (exact) mass is 409 g/mol. The summed E-state index contributed by atoms with van der Waals surface area (Å²) in [7, 11) is 0. The maximum atomic E-state index is 14.3. The van der Waals surface area contributed by atoms with E-state index in [4.69, 9.17) is 11.1 Å². The first kappa shape index (κ1) is 18.3. The fraction of sp³-hybridized carbons (Fsp3) is 0.0476. The topological polar surface area (TPSA) is 79.0 Å². The molecule has 4 rings (SSSR count). The van der Waals surface area contributed by atoms with Gasteiger partial charge in [0.05, 0.1) is 22.7 Å². The number of rotatable bonds is 5. The summed E-state index contributed by atoms with van der Waals surface area (Å²) in [6.07, 6.45) is 0.171. The first-order valence-corrected chi connectivity index (χ1v) is 10.2. The van der Waals surface area contributed by atoms with Crippen LogP contribution in [0.1, 0.15) is 15.3 Å². The lowest BCUT2D eigenvalue weighted by molar-refractivity contribution is -0.115. The Bertz CT molecular complexity index is 1150. The molecule has 0 unspecified atom stereocenters. The average Bonchev–Trinajstić information content (AvgIpc) is 3.32. The first-order valence-electron chi connectivity index (χ1n) is 8.50. The predicted octanol–water partition coefficient (Wildman–Crippen LogP) is 5.28. The molecule has 0 aliphatic carbocycles. The highest BCUT2D eigenvalue weighted by Crippen LogP contribution is 2.30. The van der Waals surface area contributed by atoms with Crippen LogP contribution >= 0.6 is 22.7 Å². The van der Waals surface area contributed by atoms with Gasteiger partial charge in [-0.05, 0) is 41.1 Å². The standard InChI is InChI=1S/C21H16FN3OS2/c22-15-11-16(23)14(10-17(15)25-20(26)9-13-5-3-7-27-13)21(24)19-8-12-4-1-2-6-18(12)28-19/h1-8,10-11,24H,9,23H2,(H,25,26). The van der Waals surface area contributed by atoms with Crippen LogP contribution in [0.5, 0.6) is 0 Å². The Hall–Kier alpha value is -3.03. The van der Waals surface area contributed by atoms with Crippen molar-refractivity contribution in [2.75, 3.05) is 11.1 Å². The molecule has 28 heavy (non-hydrogen) atoms. The zero-order valence-corrected chi connectivity index (χ0v) is 16.3. The minimum atomic E-state index is -0.620. The zero-order chi connectivity index (χ0) is 19.7. The first-order chi connectivity index (χ1) is 13.5. The van der Waals surface area contributed by atoms with Crippen molar-refractivity contribution in [3.63, 3.8) is 0 Å². The summed E-state index contributed by atoms with van der Waals surface area (Å²) >= 11 is 2.94. The van der Waals surface area contributed by atoms with Crippen LogP contribution in [0, 0.1) is 11.2 Å². The van der Waals surface area contributed by atoms with Gasteiger partial charge in [0.2, 0.25) is 5.91 Å². The molecule has 2 aromatic carbocycles. The molecule has 0 aliphatic heterocycles. The summed E-state index contributed by atoms with van der Waals surface area (Å²) in [5.41, 5.74) is 6.75. The quantitative estimate of drug-likeness (QED) is 0.310. The molecule has 0 aliphatic rings. The molecule has 1 amide bonds. The SMILES string of the molecule is N=C(c1cc2ccccc2s1)c1cc(NC(=O)Cc2cccs2)c(F)cc1N. The molecule has 0 saturated heterocycles. The minimum Gasteiger partial charge on any atom is -0.398 e. The highest BCUT2D eigenvalue weighted by atomic mass is 32.1. The van der Waals surface area contributed by atoms with E-state index in [9.17, 15) is 9.18 Å². The minimum absolute atomic E-state index is 0.0246. The van der Waals surface area contributed by atoms with Crippen molar-refractivity contribution in [1.82, 2.24) is 0 Å². The van der Waals surface area contributed by atoms with Crippen LogP contribution < -0.4 is 11.1 Å². The number of nitrogens with two attached hydrogens (primary N) is 1. The second-order valence-corrected chi connectivity index (χ2v) is 8.36. The number of fused-ring (bicyclic) bond motifs is 1. The van der Waals surface area contributed by atoms with Crippen molar-refractivity contribution in [3.05, 3.63) is 81.1 Å². The molecule has 0 fully saturated rings. The van der Waals surface area contributed by atoms with E-state index in [0.29, 0.717) is 5.56 Å². The molecule has 4 N–H and O–H groups in total. The molecule has 4 aromatic rings. The van der Waals surface area contributed by atoms with Gasteiger partial charge >= 0.3 is 0 Å². The Labute approximate surface area is 169 Å². The van der Waals surface area contributed by atoms with Gasteiger partial charge in [-0.3, -0.25) is 10.2 Å². The van der Waals surface area contributed by atoms with Crippen LogP contribution in [0.3, 0.4) is 0 Å². The van der Waals surface area contributed by atoms with E-state index < -0.39 is 5.82 Å². The second-order valence-electron chi connectivity index (χ2n) is 6.25. The van der Waals surface area contributed by atoms with Crippen molar-refractivity contribution in [2.45, 2.75) is 6.42 Å². The van der Waals surface area contributed by atoms with E-state index in [1.165, 1.54) is 28.7 Å². The van der Waals surface area contributed by atoms with E-state index in [1.807, 2.05) is 47.8 Å². The van der Waals surface area contributed by atoms with Crippen molar-refractivity contribution < 1.29 is 9.18 Å². The van der Waals surface area contributed by atoms with E-state index >= 15 is 0 Å². The maximum absolute atomic E-state index is 14.3. The zero-order valence-electron chi connectivity index (χ0n) is 14.7. The van der Waals surface area contributed by atoms with Gasteiger partial charge in [-0.15, -0.1) is 22.7 Å². The van der Waals surface area contributed by atoms with E-state index in [-0.39, 0.29) is 29.4 Å². The van der Waals surface area contributed by atoms with Crippen LogP contribution in [0.15, 0.2) is 60.0 Å². The Morgan fingerprint density at radius 1 is 1.14 bits per heavy atom. The van der Waals surface area contributed by atoms with Crippen molar-refractivity contribution in [2.24, 2.45) is 0 Å². The van der Waals surface area contributed by atoms with E-state index in [1.54, 1.807) is 0 Å². The number of anilines is 2. The van der Waals surface area contributed by atoms with Gasteiger partial charge in [0.25, 0.3) is 0 Å². The highest BCUT2D eigenvalue weighted by Gasteiger charge is 2.17. The lowest BCUT2D eigenvalue weighted by Crippen LogP contribution is -2.16. The van der Waals surface area contributed by atoms with Gasteiger partial charge in [0.15, 0.2) is 0 Å². The summed E-state index contributed by atoms with van der Waals surface area (Å²) < 4.78 is 15.4. The molecule has 2 heterocycles. The van der Waals surface area contributed by atoms with Gasteiger partial charge in [0.1, 0.15) is 5.82 Å². The van der Waals surface area contributed by atoms with Gasteiger partial charge in [-0.2, -0.15) is 0 Å². The molecule has 140 valence electrons. The van der Waals surface area contributed by atoms with Gasteiger partial charge < -0.3 is 11.1 Å². The molecular formula is C21H16FN3OS2. The van der Waals surface area contributed by atoms with Crippen LogP contribution in [-0.4, -0.2) is 11.6 Å². The summed E-state index contributed by atoms with van der Waals surface area (Å²) in [5.74, 6) is -0.935. The molecular weight excluding hydrogens is 393 g/mol. The highest BCUT2D eigenvalue weighted by molar-refractivity contribution is 7.21. The molecule has 2 aromatic heterocycles. The molecule has 7 heteroatoms. The predicted molar refractivity (Wildman–Crippen MR) is 115 cm³/mol. The number of nitrogen functional groups attached to an aromatic ring is 1. The second kappa shape index (κ2) is 7.53. The molecule has 0 bridgehead atoms. The van der Waals surface area contributed by atoms with Gasteiger partial charge in [0, 0.05) is 20.8 Å². The molecule has 0 radical (unpaired) electrons. The largest absolute Gasteiger partial charge is 0.398 e. The lowest BCUT2D eigenvalue weighted by atomic mass is 10.0. The normalized spacial score (nSPS) is 10.9. The number of amides is 1. The van der Waals surface area contributed by atoms with Gasteiger partial charge in [-0.1, -0.05) is 24.3 Å². The van der Waals surface area contributed by atoms with Crippen LogP contribution in [0.25, 0.3) is 10.1 Å². The number of halogens is 1. The Morgan fingerprint density at radius 3 is 2.71 bits per heavy atom. The number of benzene rings is 2. The van der Waals surface area contributed by atoms with Gasteiger partial charge in [-0.25, -0.2) is 4.39 Å². The number of hydrogen-bond acceptors (Lipinski definition) is 5. The number of nitrogens with one attached hydrogen (secondary N) is 2. The maximum Gasteiger partial charge on any atom is 0.229 e. The Balaban J connectivity index is 1.62. The van der Waals surface area contributed by atoms with E-state index in [0.717, 1.165) is 25.9 Å². The molecule has 0 saturated carbocycles. The molecule has 0 spiro atoms. The lowest BCUT2D eigenvalue weighted by Gasteiger charge is -2.11. The summed E-state index contributed by atoms with van der Waals surface area (Å²) in [6, 6.07) is 16.1. The van der Waals surface area contributed by atoms with Crippen molar-refractivity contribution in [1.29, 1.82) is 5.41 Å². The van der Waals surface area contributed by atoms with Crippen molar-refractivity contribution in [3.8, 4) is 0 Å². The number of carbonyl (C=O) groups is 1. The van der Waals surface area contributed by atoms with Crippen molar-refractivity contribution >= 4 is 55.8 Å². The van der Waals surface area contributed by atoms with E-state index in [2.05, 4.69) is 5.32 Å². The smallest absolute Gasteiger partial charge is 0.229 e. The third kappa shape index (κ3) is 3.67. The van der Waals surface area contributed by atoms with Crippen LogP contribution in [0.2, 0.25) is 0 Å². The van der Waals surface area contributed by atoms with Crippen LogP contribution in [-0.2, 0) is 11.2 Å².